The molecular weight excluding hydrogens is 820 g/mol. The van der Waals surface area contributed by atoms with Crippen molar-refractivity contribution in [3.05, 3.63) is 59.0 Å². The summed E-state index contributed by atoms with van der Waals surface area (Å²) in [6.45, 7) is 0.285. The van der Waals surface area contributed by atoms with Gasteiger partial charge in [0.25, 0.3) is 0 Å². The molecule has 15 nitrogen and oxygen atoms in total. The molecule has 0 bridgehead atoms. The van der Waals surface area contributed by atoms with Gasteiger partial charge in [-0.25, -0.2) is 14.1 Å². The lowest BCUT2D eigenvalue weighted by atomic mass is 9.92. The SMILES string of the molecule is CCCCCCCCCCCCCCCCCCOC[C@H](COP(=O)(O)OC[C@H]1O[C@@](C#N)(c2ccc3c(N)ncnn23)[C@H](O)[C@@H]1O)OCc1ccc(C#N)cc1C(F)(F)F. The van der Waals surface area contributed by atoms with Crippen LogP contribution in [-0.2, 0) is 46.2 Å². The van der Waals surface area contributed by atoms with Crippen LogP contribution in [0.25, 0.3) is 5.52 Å². The van der Waals surface area contributed by atoms with Crippen molar-refractivity contribution in [3.8, 4) is 12.1 Å². The summed E-state index contributed by atoms with van der Waals surface area (Å²) in [5.74, 6) is 0.0752. The van der Waals surface area contributed by atoms with E-state index < -0.39 is 69.4 Å². The Bertz CT molecular complexity index is 1930. The molecule has 0 saturated carbocycles. The van der Waals surface area contributed by atoms with Gasteiger partial charge in [0.1, 0.15) is 42.3 Å². The highest BCUT2D eigenvalue weighted by molar-refractivity contribution is 7.47. The fourth-order valence-corrected chi connectivity index (χ4v) is 8.05. The Balaban J connectivity index is 1.25. The molecule has 1 aromatic carbocycles. The van der Waals surface area contributed by atoms with Crippen LogP contribution in [-0.4, -0.2) is 80.5 Å². The summed E-state index contributed by atoms with van der Waals surface area (Å²) in [6.07, 6.45) is 9.39. The normalized spacial score (nSPS) is 20.7. The number of aliphatic hydroxyl groups is 2. The van der Waals surface area contributed by atoms with Gasteiger partial charge in [-0.05, 0) is 36.2 Å². The van der Waals surface area contributed by atoms with Crippen LogP contribution in [0.3, 0.4) is 0 Å². The minimum atomic E-state index is -4.97. The molecule has 0 aliphatic carbocycles. The van der Waals surface area contributed by atoms with Gasteiger partial charge in [-0.1, -0.05) is 109 Å². The van der Waals surface area contributed by atoms with Gasteiger partial charge in [-0.3, -0.25) is 9.05 Å². The smallest absolute Gasteiger partial charge is 0.387 e. The maximum absolute atomic E-state index is 13.9. The maximum Gasteiger partial charge on any atom is 0.472 e. The van der Waals surface area contributed by atoms with Crippen LogP contribution >= 0.6 is 7.82 Å². The van der Waals surface area contributed by atoms with Crippen molar-refractivity contribution < 1.29 is 56.1 Å². The zero-order valence-corrected chi connectivity index (χ0v) is 35.7. The first-order valence-electron chi connectivity index (χ1n) is 21.2. The average molecular weight is 881 g/mol. The van der Waals surface area contributed by atoms with Crippen LogP contribution in [0.1, 0.15) is 132 Å². The second kappa shape index (κ2) is 24.8. The fourth-order valence-electron chi connectivity index (χ4n) is 7.29. The van der Waals surface area contributed by atoms with Gasteiger partial charge >= 0.3 is 14.0 Å². The number of hydrogen-bond acceptors (Lipinski definition) is 13. The van der Waals surface area contributed by atoms with E-state index in [4.69, 9.17) is 34.3 Å². The number of benzene rings is 1. The molecule has 5 N–H and O–H groups in total. The monoisotopic (exact) mass is 880 g/mol. The number of halogens is 3. The molecule has 1 saturated heterocycles. The van der Waals surface area contributed by atoms with Crippen molar-refractivity contribution in [1.29, 1.82) is 10.5 Å². The summed E-state index contributed by atoms with van der Waals surface area (Å²) < 4.78 is 83.3. The van der Waals surface area contributed by atoms with Crippen LogP contribution in [0.5, 0.6) is 0 Å². The number of hydrogen-bond donors (Lipinski definition) is 4. The Morgan fingerprint density at radius 1 is 0.934 bits per heavy atom. The summed E-state index contributed by atoms with van der Waals surface area (Å²) in [4.78, 5) is 14.5. The summed E-state index contributed by atoms with van der Waals surface area (Å²) >= 11 is 0. The molecule has 4 rings (SSSR count). The topological polar surface area (TPSA) is 228 Å². The highest BCUT2D eigenvalue weighted by Gasteiger charge is 2.58. The Hall–Kier alpha value is -3.68. The van der Waals surface area contributed by atoms with Gasteiger partial charge in [-0.2, -0.15) is 28.8 Å². The van der Waals surface area contributed by atoms with E-state index in [1.807, 2.05) is 6.07 Å². The standard InChI is InChI=1S/C42H60F3N6O9P/c1-2-3-4-5-6-7-8-9-10-11-12-13-14-15-16-17-22-56-26-33(57-25-32-19-18-31(24-46)23-34(32)42(43,44)45)27-58-61(54,55)59-28-36-38(52)39(53)41(29-47,60-36)37-21-20-35-40(48)49-30-50-51(35)37/h18-21,23,30,33,36,38-39,52-53H,2-17,22,25-28H2,1H3,(H,54,55)(H2,48,49,50)/t33-,36-,38-,39-,41+/m1/s1. The van der Waals surface area contributed by atoms with E-state index in [-0.39, 0.29) is 29.2 Å². The number of ether oxygens (including phenoxy) is 3. The largest absolute Gasteiger partial charge is 0.472 e. The lowest BCUT2D eigenvalue weighted by Crippen LogP contribution is -2.41. The number of nitriles is 2. The number of rotatable bonds is 29. The quantitative estimate of drug-likeness (QED) is 0.0382. The Morgan fingerprint density at radius 2 is 1.56 bits per heavy atom. The van der Waals surface area contributed by atoms with E-state index >= 15 is 0 Å². The molecule has 338 valence electrons. The highest BCUT2D eigenvalue weighted by Crippen LogP contribution is 2.46. The van der Waals surface area contributed by atoms with Crippen molar-refractivity contribution in [2.24, 2.45) is 0 Å². The molecule has 1 unspecified atom stereocenters. The number of aliphatic hydroxyl groups excluding tert-OH is 2. The van der Waals surface area contributed by atoms with Gasteiger partial charge in [0.05, 0.1) is 49.3 Å². The maximum atomic E-state index is 13.9. The van der Waals surface area contributed by atoms with Gasteiger partial charge in [-0.15, -0.1) is 0 Å². The van der Waals surface area contributed by atoms with Gasteiger partial charge in [0.15, 0.2) is 5.82 Å². The Labute approximate surface area is 355 Å². The Kier molecular flexibility index (Phi) is 20.3. The Morgan fingerprint density at radius 3 is 2.15 bits per heavy atom. The number of alkyl halides is 3. The minimum absolute atomic E-state index is 0.00658. The van der Waals surface area contributed by atoms with Crippen molar-refractivity contribution in [1.82, 2.24) is 14.6 Å². The number of unbranched alkanes of at least 4 members (excludes halogenated alkanes) is 15. The number of phosphoric ester groups is 1. The molecule has 1 fully saturated rings. The molecule has 61 heavy (non-hydrogen) atoms. The zero-order chi connectivity index (χ0) is 44.3. The van der Waals surface area contributed by atoms with Crippen molar-refractivity contribution in [2.75, 3.05) is 32.2 Å². The molecule has 0 radical (unpaired) electrons. The number of fused-ring (bicyclic) bond motifs is 1. The zero-order valence-electron chi connectivity index (χ0n) is 34.8. The van der Waals surface area contributed by atoms with E-state index in [2.05, 4.69) is 17.0 Å². The van der Waals surface area contributed by atoms with Crippen molar-refractivity contribution in [2.45, 2.75) is 152 Å². The summed E-state index contributed by atoms with van der Waals surface area (Å²) in [6, 6.07) is 9.49. The van der Waals surface area contributed by atoms with Crippen LogP contribution in [0.15, 0.2) is 36.7 Å². The number of nitrogens with two attached hydrogens (primary N) is 1. The highest BCUT2D eigenvalue weighted by atomic mass is 31.2. The number of phosphoric acid groups is 1. The van der Waals surface area contributed by atoms with Crippen LogP contribution in [0, 0.1) is 22.7 Å². The fraction of sp³-hybridized carbons (Fsp3) is 0.667. The molecule has 0 amide bonds. The van der Waals surface area contributed by atoms with Crippen molar-refractivity contribution in [3.63, 3.8) is 0 Å². The first kappa shape index (κ1) is 50.0. The summed E-state index contributed by atoms with van der Waals surface area (Å²) in [5.41, 5.74) is 2.48. The van der Waals surface area contributed by atoms with Gasteiger partial charge in [0, 0.05) is 6.61 Å². The second-order valence-electron chi connectivity index (χ2n) is 15.5. The molecular formula is C42H60F3N6O9P. The molecule has 0 spiro atoms. The number of aromatic nitrogens is 3. The van der Waals surface area contributed by atoms with Crippen molar-refractivity contribution >= 4 is 19.2 Å². The molecule has 3 aromatic rings. The second-order valence-corrected chi connectivity index (χ2v) is 16.9. The number of anilines is 1. The average Bonchev–Trinajstić information content (AvgIpc) is 3.79. The molecule has 19 heteroatoms. The minimum Gasteiger partial charge on any atom is -0.387 e. The molecule has 6 atom stereocenters. The lowest BCUT2D eigenvalue weighted by Gasteiger charge is -2.24. The van der Waals surface area contributed by atoms with Gasteiger partial charge < -0.3 is 35.1 Å². The first-order chi connectivity index (χ1) is 29.3. The van der Waals surface area contributed by atoms with E-state index in [9.17, 15) is 38.1 Å². The third kappa shape index (κ3) is 15.0. The molecule has 2 aromatic heterocycles. The number of nitrogens with zero attached hydrogens (tertiary/aromatic N) is 5. The predicted molar refractivity (Wildman–Crippen MR) is 218 cm³/mol. The third-order valence-electron chi connectivity index (χ3n) is 10.8. The van der Waals surface area contributed by atoms with E-state index in [1.165, 1.54) is 99.8 Å². The van der Waals surface area contributed by atoms with Crippen LogP contribution in [0.4, 0.5) is 19.0 Å². The van der Waals surface area contributed by atoms with Crippen LogP contribution in [0.2, 0.25) is 0 Å². The summed E-state index contributed by atoms with van der Waals surface area (Å²) in [7, 11) is -4.97. The van der Waals surface area contributed by atoms with E-state index in [0.717, 1.165) is 38.1 Å². The van der Waals surface area contributed by atoms with E-state index in [1.54, 1.807) is 6.07 Å². The summed E-state index contributed by atoms with van der Waals surface area (Å²) in [5, 5.41) is 45.1. The molecule has 1 aliphatic heterocycles. The first-order valence-corrected chi connectivity index (χ1v) is 22.7. The third-order valence-corrected chi connectivity index (χ3v) is 11.7. The lowest BCUT2D eigenvalue weighted by molar-refractivity contribution is -0.139. The molecule has 1 aliphatic rings. The predicted octanol–water partition coefficient (Wildman–Crippen LogP) is 8.04. The van der Waals surface area contributed by atoms with E-state index in [0.29, 0.717) is 18.2 Å². The van der Waals surface area contributed by atoms with Gasteiger partial charge in [0.2, 0.25) is 5.60 Å². The molecule has 3 heterocycles. The number of nitrogen functional groups attached to an aromatic ring is 1. The van der Waals surface area contributed by atoms with Crippen LogP contribution < -0.4 is 5.73 Å².